The number of hydrogen-bond acceptors (Lipinski definition) is 4. The summed E-state index contributed by atoms with van der Waals surface area (Å²) in [5.41, 5.74) is 2.70. The van der Waals surface area contributed by atoms with E-state index in [1.807, 2.05) is 55.5 Å². The van der Waals surface area contributed by atoms with Crippen molar-refractivity contribution in [2.75, 3.05) is 10.2 Å². The molecule has 0 unspecified atom stereocenters. The average molecular weight is 503 g/mol. The Kier molecular flexibility index (Phi) is 6.00. The number of ether oxygens (including phenoxy) is 1. The molecule has 0 bridgehead atoms. The number of rotatable bonds is 5. The summed E-state index contributed by atoms with van der Waals surface area (Å²) in [5.74, 6) is 0.244. The summed E-state index contributed by atoms with van der Waals surface area (Å²) in [7, 11) is 0. The van der Waals surface area contributed by atoms with Crippen LogP contribution in [0.15, 0.2) is 103 Å². The number of hydrogen-bond donors (Lipinski definition) is 1. The predicted octanol–water partition coefficient (Wildman–Crippen LogP) is 6.73. The summed E-state index contributed by atoms with van der Waals surface area (Å²) in [6.07, 6.45) is 3.27. The summed E-state index contributed by atoms with van der Waals surface area (Å²) in [5, 5.41) is 5.01. The minimum Gasteiger partial charge on any atom is -0.457 e. The van der Waals surface area contributed by atoms with Crippen molar-refractivity contribution in [2.24, 2.45) is 11.8 Å². The first-order valence-electron chi connectivity index (χ1n) is 12.7. The van der Waals surface area contributed by atoms with Crippen molar-refractivity contribution in [1.82, 2.24) is 0 Å². The molecule has 2 atom stereocenters. The SMILES string of the molecule is CC1=CC[C@H]2C(=O)N(c3ccc(C(=O)Nc4ccc(Oc5cccc6ccccc56)cc4)cc3)C(=O)[C@@H]2C1. The van der Waals surface area contributed by atoms with Crippen LogP contribution in [0.2, 0.25) is 0 Å². The first-order chi connectivity index (χ1) is 18.5. The van der Waals surface area contributed by atoms with Gasteiger partial charge in [-0.15, -0.1) is 0 Å². The number of benzene rings is 4. The highest BCUT2D eigenvalue weighted by Gasteiger charge is 2.48. The van der Waals surface area contributed by atoms with E-state index < -0.39 is 0 Å². The van der Waals surface area contributed by atoms with Gasteiger partial charge in [0.15, 0.2) is 0 Å². The van der Waals surface area contributed by atoms with Crippen molar-refractivity contribution >= 4 is 39.9 Å². The van der Waals surface area contributed by atoms with Gasteiger partial charge < -0.3 is 10.1 Å². The molecular weight excluding hydrogens is 476 g/mol. The molecule has 1 N–H and O–H groups in total. The number of imide groups is 1. The van der Waals surface area contributed by atoms with Crippen molar-refractivity contribution in [2.45, 2.75) is 19.8 Å². The van der Waals surface area contributed by atoms with E-state index in [9.17, 15) is 14.4 Å². The van der Waals surface area contributed by atoms with E-state index in [4.69, 9.17) is 4.74 Å². The van der Waals surface area contributed by atoms with Crippen LogP contribution in [0.1, 0.15) is 30.1 Å². The molecule has 4 aromatic carbocycles. The highest BCUT2D eigenvalue weighted by Crippen LogP contribution is 2.39. The van der Waals surface area contributed by atoms with Crippen molar-refractivity contribution < 1.29 is 19.1 Å². The second-order valence-corrected chi connectivity index (χ2v) is 9.82. The molecule has 0 radical (unpaired) electrons. The van der Waals surface area contributed by atoms with Crippen LogP contribution in [0.3, 0.4) is 0 Å². The molecule has 6 nitrogen and oxygen atoms in total. The molecule has 0 spiro atoms. The molecule has 38 heavy (non-hydrogen) atoms. The zero-order valence-electron chi connectivity index (χ0n) is 20.9. The van der Waals surface area contributed by atoms with E-state index in [2.05, 4.69) is 5.32 Å². The van der Waals surface area contributed by atoms with Crippen LogP contribution in [0.4, 0.5) is 11.4 Å². The van der Waals surface area contributed by atoms with Crippen LogP contribution in [0.5, 0.6) is 11.5 Å². The lowest BCUT2D eigenvalue weighted by Crippen LogP contribution is -2.30. The van der Waals surface area contributed by atoms with Crippen molar-refractivity contribution in [1.29, 1.82) is 0 Å². The second kappa shape index (κ2) is 9.63. The Hall–Kier alpha value is -4.71. The van der Waals surface area contributed by atoms with E-state index in [1.165, 1.54) is 4.90 Å². The third-order valence-corrected chi connectivity index (χ3v) is 7.30. The maximum Gasteiger partial charge on any atom is 0.255 e. The largest absolute Gasteiger partial charge is 0.457 e. The van der Waals surface area contributed by atoms with Crippen LogP contribution in [0.25, 0.3) is 10.8 Å². The van der Waals surface area contributed by atoms with E-state index in [-0.39, 0.29) is 29.6 Å². The molecule has 1 aliphatic heterocycles. The standard InChI is InChI=1S/C32H26N2O4/c1-20-9-18-27-28(19-20)32(37)34(31(27)36)24-14-10-22(11-15-24)30(35)33-23-12-16-25(17-13-23)38-29-8-4-6-21-5-2-3-7-26(21)29/h2-17,27-28H,18-19H2,1H3,(H,33,35)/t27-,28-/m1/s1. The Morgan fingerprint density at radius 1 is 0.842 bits per heavy atom. The van der Waals surface area contributed by atoms with Crippen molar-refractivity contribution in [3.63, 3.8) is 0 Å². The molecule has 1 heterocycles. The summed E-state index contributed by atoms with van der Waals surface area (Å²) in [4.78, 5) is 40.0. The van der Waals surface area contributed by atoms with Gasteiger partial charge in [-0.1, -0.05) is 48.0 Å². The number of carbonyl (C=O) groups is 3. The molecule has 1 saturated heterocycles. The number of carbonyl (C=O) groups excluding carboxylic acids is 3. The predicted molar refractivity (Wildman–Crippen MR) is 147 cm³/mol. The van der Waals surface area contributed by atoms with Gasteiger partial charge in [0, 0.05) is 16.6 Å². The number of nitrogens with zero attached hydrogens (tertiary/aromatic N) is 1. The first kappa shape index (κ1) is 23.7. The van der Waals surface area contributed by atoms with Gasteiger partial charge in [-0.25, -0.2) is 0 Å². The van der Waals surface area contributed by atoms with Gasteiger partial charge in [-0.05, 0) is 79.7 Å². The van der Waals surface area contributed by atoms with Crippen molar-refractivity contribution in [3.05, 3.63) is 108 Å². The zero-order valence-corrected chi connectivity index (χ0v) is 20.9. The number of fused-ring (bicyclic) bond motifs is 2. The third-order valence-electron chi connectivity index (χ3n) is 7.30. The molecule has 1 aliphatic carbocycles. The quantitative estimate of drug-likeness (QED) is 0.243. The third kappa shape index (κ3) is 4.34. The molecule has 188 valence electrons. The Balaban J connectivity index is 1.12. The fourth-order valence-electron chi connectivity index (χ4n) is 5.28. The van der Waals surface area contributed by atoms with Crippen LogP contribution >= 0.6 is 0 Å². The van der Waals surface area contributed by atoms with Crippen LogP contribution in [0, 0.1) is 11.8 Å². The Bertz CT molecular complexity index is 1580. The lowest BCUT2D eigenvalue weighted by atomic mass is 9.82. The monoisotopic (exact) mass is 502 g/mol. The maximum atomic E-state index is 13.0. The molecule has 6 rings (SSSR count). The molecular formula is C32H26N2O4. The first-order valence-corrected chi connectivity index (χ1v) is 12.7. The molecule has 0 aromatic heterocycles. The summed E-state index contributed by atoms with van der Waals surface area (Å²) < 4.78 is 6.08. The van der Waals surface area contributed by atoms with E-state index in [0.717, 1.165) is 22.1 Å². The van der Waals surface area contributed by atoms with Gasteiger partial charge in [0.1, 0.15) is 11.5 Å². The van der Waals surface area contributed by atoms with Gasteiger partial charge in [0.25, 0.3) is 5.91 Å². The number of allylic oxidation sites excluding steroid dienone is 2. The van der Waals surface area contributed by atoms with Crippen LogP contribution in [-0.4, -0.2) is 17.7 Å². The lowest BCUT2D eigenvalue weighted by molar-refractivity contribution is -0.122. The van der Waals surface area contributed by atoms with Crippen LogP contribution < -0.4 is 15.0 Å². The van der Waals surface area contributed by atoms with Gasteiger partial charge >= 0.3 is 0 Å². The van der Waals surface area contributed by atoms with Gasteiger partial charge in [-0.2, -0.15) is 0 Å². The minimum absolute atomic E-state index is 0.157. The highest BCUT2D eigenvalue weighted by molar-refractivity contribution is 6.22. The molecule has 0 saturated carbocycles. The second-order valence-electron chi connectivity index (χ2n) is 9.82. The fourth-order valence-corrected chi connectivity index (χ4v) is 5.28. The van der Waals surface area contributed by atoms with Gasteiger partial charge in [0.2, 0.25) is 11.8 Å². The van der Waals surface area contributed by atoms with Gasteiger partial charge in [0.05, 0.1) is 17.5 Å². The number of amides is 3. The minimum atomic E-state index is -0.290. The average Bonchev–Trinajstić information content (AvgIpc) is 3.18. The topological polar surface area (TPSA) is 75.7 Å². The summed E-state index contributed by atoms with van der Waals surface area (Å²) in [6, 6.07) is 27.7. The fraction of sp³-hybridized carbons (Fsp3) is 0.156. The maximum absolute atomic E-state index is 13.0. The molecule has 4 aromatic rings. The Labute approximate surface area is 220 Å². The number of anilines is 2. The normalized spacial score (nSPS) is 18.8. The molecule has 3 amide bonds. The van der Waals surface area contributed by atoms with E-state index in [0.29, 0.717) is 35.5 Å². The van der Waals surface area contributed by atoms with Gasteiger partial charge in [-0.3, -0.25) is 19.3 Å². The van der Waals surface area contributed by atoms with E-state index in [1.54, 1.807) is 48.5 Å². The zero-order chi connectivity index (χ0) is 26.2. The van der Waals surface area contributed by atoms with Crippen molar-refractivity contribution in [3.8, 4) is 11.5 Å². The number of nitrogens with one attached hydrogen (secondary N) is 1. The Morgan fingerprint density at radius 2 is 1.55 bits per heavy atom. The summed E-state index contributed by atoms with van der Waals surface area (Å²) >= 11 is 0. The molecule has 1 fully saturated rings. The van der Waals surface area contributed by atoms with E-state index >= 15 is 0 Å². The van der Waals surface area contributed by atoms with Crippen LogP contribution in [-0.2, 0) is 9.59 Å². The smallest absolute Gasteiger partial charge is 0.255 e. The molecule has 2 aliphatic rings. The highest BCUT2D eigenvalue weighted by atomic mass is 16.5. The molecule has 6 heteroatoms. The lowest BCUT2D eigenvalue weighted by Gasteiger charge is -2.18. The summed E-state index contributed by atoms with van der Waals surface area (Å²) in [6.45, 7) is 2.00. The Morgan fingerprint density at radius 3 is 2.34 bits per heavy atom.